The van der Waals surface area contributed by atoms with Crippen molar-refractivity contribution < 1.29 is 9.18 Å². The van der Waals surface area contributed by atoms with Crippen molar-refractivity contribution in [3.8, 4) is 22.5 Å². The summed E-state index contributed by atoms with van der Waals surface area (Å²) in [5, 5.41) is 0. The van der Waals surface area contributed by atoms with Gasteiger partial charge in [-0.25, -0.2) is 14.4 Å². The summed E-state index contributed by atoms with van der Waals surface area (Å²) in [7, 11) is 0. The van der Waals surface area contributed by atoms with Crippen LogP contribution in [0.25, 0.3) is 22.5 Å². The molecule has 1 amide bonds. The molecule has 0 N–H and O–H groups in total. The van der Waals surface area contributed by atoms with Gasteiger partial charge in [0.2, 0.25) is 5.91 Å². The zero-order chi connectivity index (χ0) is 22.5. The van der Waals surface area contributed by atoms with Crippen LogP contribution in [0.2, 0.25) is 0 Å². The van der Waals surface area contributed by atoms with Crippen molar-refractivity contribution in [2.24, 2.45) is 5.92 Å². The Hall–Kier alpha value is -3.15. The lowest BCUT2D eigenvalue weighted by molar-refractivity contribution is -0.132. The first-order chi connectivity index (χ1) is 15.5. The number of nitrogens with zero attached hydrogens (tertiary/aromatic N) is 4. The lowest BCUT2D eigenvalue weighted by Crippen LogP contribution is -2.39. The second-order valence-electron chi connectivity index (χ2n) is 8.83. The first kappa shape index (κ1) is 22.1. The number of rotatable bonds is 6. The molecule has 1 unspecified atom stereocenters. The molecule has 0 radical (unpaired) electrons. The highest BCUT2D eigenvalue weighted by Gasteiger charge is 2.28. The van der Waals surface area contributed by atoms with Crippen LogP contribution < -0.4 is 0 Å². The summed E-state index contributed by atoms with van der Waals surface area (Å²) in [5.74, 6) is 0.983. The third kappa shape index (κ3) is 5.01. The lowest BCUT2D eigenvalue weighted by Gasteiger charge is -2.33. The van der Waals surface area contributed by atoms with Crippen molar-refractivity contribution in [1.29, 1.82) is 0 Å². The molecule has 0 bridgehead atoms. The molecule has 0 saturated carbocycles. The maximum Gasteiger partial charge on any atom is 0.222 e. The second-order valence-corrected chi connectivity index (χ2v) is 8.83. The van der Waals surface area contributed by atoms with Gasteiger partial charge in [-0.15, -0.1) is 0 Å². The van der Waals surface area contributed by atoms with Gasteiger partial charge < -0.3 is 4.90 Å². The minimum absolute atomic E-state index is 0.0276. The topological polar surface area (TPSA) is 59.0 Å². The fraction of sp³-hybridized carbons (Fsp3) is 0.385. The number of carbonyl (C=O) groups excluding carboxylic acids is 1. The Kier molecular flexibility index (Phi) is 6.88. The van der Waals surface area contributed by atoms with Crippen LogP contribution in [-0.2, 0) is 4.79 Å². The Morgan fingerprint density at radius 2 is 2.00 bits per heavy atom. The Morgan fingerprint density at radius 1 is 1.16 bits per heavy atom. The normalized spacial score (nSPS) is 16.4. The Morgan fingerprint density at radius 3 is 2.75 bits per heavy atom. The van der Waals surface area contributed by atoms with E-state index in [-0.39, 0.29) is 17.6 Å². The first-order valence-corrected chi connectivity index (χ1v) is 11.3. The predicted molar refractivity (Wildman–Crippen MR) is 123 cm³/mol. The van der Waals surface area contributed by atoms with E-state index < -0.39 is 0 Å². The molecule has 0 aliphatic carbocycles. The van der Waals surface area contributed by atoms with Gasteiger partial charge >= 0.3 is 0 Å². The molecule has 1 atom stereocenters. The van der Waals surface area contributed by atoms with E-state index in [4.69, 9.17) is 4.98 Å². The van der Waals surface area contributed by atoms with Crippen molar-refractivity contribution in [2.75, 3.05) is 13.1 Å². The number of aromatic nitrogens is 3. The van der Waals surface area contributed by atoms with Gasteiger partial charge in [0, 0.05) is 60.7 Å². The molecule has 32 heavy (non-hydrogen) atoms. The molecule has 2 aromatic heterocycles. The Labute approximate surface area is 188 Å². The quantitative estimate of drug-likeness (QED) is 0.517. The highest BCUT2D eigenvalue weighted by molar-refractivity contribution is 5.76. The number of hydrogen-bond acceptors (Lipinski definition) is 4. The zero-order valence-corrected chi connectivity index (χ0v) is 18.7. The number of halogens is 1. The van der Waals surface area contributed by atoms with Crippen molar-refractivity contribution in [1.82, 2.24) is 19.9 Å². The summed E-state index contributed by atoms with van der Waals surface area (Å²) in [6.45, 7) is 5.63. The van der Waals surface area contributed by atoms with E-state index in [0.29, 0.717) is 35.8 Å². The molecule has 166 valence electrons. The molecular formula is C26H29FN4O. The molecule has 1 aromatic carbocycles. The van der Waals surface area contributed by atoms with Crippen LogP contribution in [-0.4, -0.2) is 38.8 Å². The number of amides is 1. The summed E-state index contributed by atoms with van der Waals surface area (Å²) in [6, 6.07) is 10.5. The van der Waals surface area contributed by atoms with Crippen LogP contribution >= 0.6 is 0 Å². The number of benzene rings is 1. The summed E-state index contributed by atoms with van der Waals surface area (Å²) >= 11 is 0. The van der Waals surface area contributed by atoms with E-state index in [0.717, 1.165) is 37.1 Å². The van der Waals surface area contributed by atoms with Gasteiger partial charge in [-0.3, -0.25) is 9.78 Å². The van der Waals surface area contributed by atoms with Crippen molar-refractivity contribution >= 4 is 5.91 Å². The molecule has 1 aliphatic rings. The van der Waals surface area contributed by atoms with Gasteiger partial charge in [-0.2, -0.15) is 0 Å². The van der Waals surface area contributed by atoms with E-state index in [9.17, 15) is 9.18 Å². The van der Waals surface area contributed by atoms with Crippen molar-refractivity contribution in [3.63, 3.8) is 0 Å². The molecule has 3 heterocycles. The fourth-order valence-corrected chi connectivity index (χ4v) is 4.22. The number of piperidine rings is 1. The maximum atomic E-state index is 14.7. The zero-order valence-electron chi connectivity index (χ0n) is 18.7. The molecule has 1 fully saturated rings. The van der Waals surface area contributed by atoms with Crippen LogP contribution in [0.5, 0.6) is 0 Å². The third-order valence-corrected chi connectivity index (χ3v) is 6.00. The van der Waals surface area contributed by atoms with Gasteiger partial charge in [-0.1, -0.05) is 32.0 Å². The van der Waals surface area contributed by atoms with Crippen LogP contribution in [0.15, 0.2) is 55.0 Å². The average molecular weight is 433 g/mol. The van der Waals surface area contributed by atoms with Crippen molar-refractivity contribution in [3.05, 3.63) is 66.5 Å². The van der Waals surface area contributed by atoms with E-state index in [1.165, 1.54) is 6.07 Å². The molecule has 0 spiro atoms. The molecule has 1 aliphatic heterocycles. The van der Waals surface area contributed by atoms with Crippen LogP contribution in [0.1, 0.15) is 51.1 Å². The Bertz CT molecular complexity index is 1070. The largest absolute Gasteiger partial charge is 0.342 e. The predicted octanol–water partition coefficient (Wildman–Crippen LogP) is 5.49. The van der Waals surface area contributed by atoms with E-state index in [1.807, 2.05) is 23.1 Å². The number of carbonyl (C=O) groups is 1. The summed E-state index contributed by atoms with van der Waals surface area (Å²) in [6.07, 6.45) is 8.40. The number of hydrogen-bond donors (Lipinski definition) is 0. The maximum absolute atomic E-state index is 14.7. The molecule has 4 rings (SSSR count). The van der Waals surface area contributed by atoms with E-state index in [2.05, 4.69) is 23.8 Å². The summed E-state index contributed by atoms with van der Waals surface area (Å²) in [4.78, 5) is 28.4. The van der Waals surface area contributed by atoms with Gasteiger partial charge in [0.05, 0.1) is 5.69 Å². The Balaban J connectivity index is 1.70. The van der Waals surface area contributed by atoms with Gasteiger partial charge in [0.15, 0.2) is 5.82 Å². The molecule has 1 saturated heterocycles. The monoisotopic (exact) mass is 432 g/mol. The number of pyridine rings is 1. The lowest BCUT2D eigenvalue weighted by atomic mass is 9.89. The van der Waals surface area contributed by atoms with E-state index >= 15 is 0 Å². The van der Waals surface area contributed by atoms with Crippen LogP contribution in [0.3, 0.4) is 0 Å². The van der Waals surface area contributed by atoms with Gasteiger partial charge in [0.1, 0.15) is 5.82 Å². The van der Waals surface area contributed by atoms with Crippen LogP contribution in [0, 0.1) is 11.7 Å². The number of likely N-dealkylation sites (tertiary alicyclic amines) is 1. The minimum atomic E-state index is -0.299. The fourth-order valence-electron chi connectivity index (χ4n) is 4.22. The highest BCUT2D eigenvalue weighted by Crippen LogP contribution is 2.35. The van der Waals surface area contributed by atoms with Crippen LogP contribution in [0.4, 0.5) is 4.39 Å². The smallest absolute Gasteiger partial charge is 0.222 e. The summed E-state index contributed by atoms with van der Waals surface area (Å²) < 4.78 is 14.7. The average Bonchev–Trinajstić information content (AvgIpc) is 2.83. The molecular weight excluding hydrogens is 403 g/mol. The van der Waals surface area contributed by atoms with Crippen molar-refractivity contribution in [2.45, 2.75) is 45.4 Å². The van der Waals surface area contributed by atoms with E-state index in [1.54, 1.807) is 30.7 Å². The minimum Gasteiger partial charge on any atom is -0.342 e. The highest BCUT2D eigenvalue weighted by atomic mass is 19.1. The third-order valence-electron chi connectivity index (χ3n) is 6.00. The molecule has 6 heteroatoms. The first-order valence-electron chi connectivity index (χ1n) is 11.3. The van der Waals surface area contributed by atoms with Gasteiger partial charge in [0.25, 0.3) is 0 Å². The molecule has 5 nitrogen and oxygen atoms in total. The SMILES string of the molecule is CC(C)CCC(=O)N1CCCC(c2nc(-c3cccnc3)ncc2-c2ccccc2F)C1. The summed E-state index contributed by atoms with van der Waals surface area (Å²) in [5.41, 5.74) is 2.79. The second kappa shape index (κ2) is 9.98. The standard InChI is InChI=1S/C26H29FN4O/c1-18(2)11-12-24(32)31-14-6-8-20(17-31)25-22(21-9-3-4-10-23(21)27)16-29-26(30-25)19-7-5-13-28-15-19/h3-5,7,9-10,13,15-16,18,20H,6,8,11-12,14,17H2,1-2H3. The molecule has 3 aromatic rings. The van der Waals surface area contributed by atoms with Gasteiger partial charge in [-0.05, 0) is 43.4 Å².